The SMILES string of the molecule is COc1ccc(CNC(=O)c2nsc(C(=O)N3CCN(C4CCCCC4)CC3)c2N)cc1. The van der Waals surface area contributed by atoms with E-state index in [1.54, 1.807) is 7.11 Å². The number of methoxy groups -OCH3 is 1. The second-order valence-electron chi connectivity index (χ2n) is 8.42. The van der Waals surface area contributed by atoms with Gasteiger partial charge in [-0.25, -0.2) is 0 Å². The van der Waals surface area contributed by atoms with E-state index in [-0.39, 0.29) is 23.2 Å². The summed E-state index contributed by atoms with van der Waals surface area (Å²) in [6.45, 7) is 3.50. The Hall–Kier alpha value is -2.65. The fourth-order valence-corrected chi connectivity index (χ4v) is 5.27. The Balaban J connectivity index is 1.32. The number of benzene rings is 1. The second kappa shape index (κ2) is 10.3. The van der Waals surface area contributed by atoms with E-state index in [2.05, 4.69) is 14.6 Å². The standard InChI is InChI=1S/C23H31N5O3S/c1-31-18-9-7-16(8-10-18)15-25-22(29)20-19(24)21(32-26-20)23(30)28-13-11-27(12-14-28)17-5-3-2-4-6-17/h7-10,17H,2-6,11-15,24H2,1H3,(H,25,29). The topological polar surface area (TPSA) is 101 Å². The van der Waals surface area contributed by atoms with Crippen LogP contribution in [-0.2, 0) is 6.54 Å². The summed E-state index contributed by atoms with van der Waals surface area (Å²) in [6, 6.07) is 8.10. The van der Waals surface area contributed by atoms with Crippen molar-refractivity contribution in [2.75, 3.05) is 39.0 Å². The number of amides is 2. The molecule has 172 valence electrons. The van der Waals surface area contributed by atoms with Gasteiger partial charge in [0.05, 0.1) is 12.8 Å². The van der Waals surface area contributed by atoms with Gasteiger partial charge in [-0.05, 0) is 42.1 Å². The molecule has 2 aromatic rings. The quantitative estimate of drug-likeness (QED) is 0.692. The summed E-state index contributed by atoms with van der Waals surface area (Å²) in [5.41, 5.74) is 7.39. The van der Waals surface area contributed by atoms with Crippen LogP contribution in [0, 0.1) is 0 Å². The Bertz CT molecular complexity index is 932. The number of nitrogen functional groups attached to an aromatic ring is 1. The van der Waals surface area contributed by atoms with Gasteiger partial charge in [-0.15, -0.1) is 0 Å². The molecule has 2 heterocycles. The number of ether oxygens (including phenoxy) is 1. The fourth-order valence-electron chi connectivity index (χ4n) is 4.50. The Morgan fingerprint density at radius 1 is 1.12 bits per heavy atom. The van der Waals surface area contributed by atoms with Crippen molar-refractivity contribution in [1.29, 1.82) is 0 Å². The summed E-state index contributed by atoms with van der Waals surface area (Å²) >= 11 is 1.00. The van der Waals surface area contributed by atoms with Crippen LogP contribution in [0.3, 0.4) is 0 Å². The van der Waals surface area contributed by atoms with Crippen molar-refractivity contribution in [1.82, 2.24) is 19.5 Å². The summed E-state index contributed by atoms with van der Waals surface area (Å²) in [4.78, 5) is 30.3. The first-order valence-electron chi connectivity index (χ1n) is 11.3. The molecule has 3 N–H and O–H groups in total. The molecule has 1 aliphatic carbocycles. The highest BCUT2D eigenvalue weighted by molar-refractivity contribution is 7.09. The lowest BCUT2D eigenvalue weighted by Gasteiger charge is -2.40. The number of carbonyl (C=O) groups excluding carboxylic acids is 2. The molecule has 1 saturated carbocycles. The molecule has 0 unspecified atom stereocenters. The molecule has 1 aromatic carbocycles. The van der Waals surface area contributed by atoms with Crippen molar-refractivity contribution in [2.24, 2.45) is 0 Å². The van der Waals surface area contributed by atoms with Gasteiger partial charge in [-0.2, -0.15) is 4.37 Å². The van der Waals surface area contributed by atoms with E-state index < -0.39 is 0 Å². The molecule has 1 aliphatic heterocycles. The molecule has 0 atom stereocenters. The first-order valence-corrected chi connectivity index (χ1v) is 12.0. The summed E-state index contributed by atoms with van der Waals surface area (Å²) in [5, 5.41) is 2.82. The molecule has 8 nitrogen and oxygen atoms in total. The van der Waals surface area contributed by atoms with E-state index in [1.165, 1.54) is 32.1 Å². The maximum Gasteiger partial charge on any atom is 0.273 e. The molecule has 2 aliphatic rings. The Morgan fingerprint density at radius 3 is 2.47 bits per heavy atom. The minimum atomic E-state index is -0.379. The third-order valence-corrected chi connectivity index (χ3v) is 7.29. The average molecular weight is 458 g/mol. The van der Waals surface area contributed by atoms with Crippen molar-refractivity contribution in [3.8, 4) is 5.75 Å². The fraction of sp³-hybridized carbons (Fsp3) is 0.522. The van der Waals surface area contributed by atoms with Gasteiger partial charge in [0.2, 0.25) is 0 Å². The number of hydrogen-bond acceptors (Lipinski definition) is 7. The minimum Gasteiger partial charge on any atom is -0.497 e. The van der Waals surface area contributed by atoms with Gasteiger partial charge in [0.25, 0.3) is 11.8 Å². The van der Waals surface area contributed by atoms with E-state index in [9.17, 15) is 9.59 Å². The van der Waals surface area contributed by atoms with E-state index in [0.717, 1.165) is 35.9 Å². The third kappa shape index (κ3) is 5.05. The first kappa shape index (κ1) is 22.5. The Kier molecular flexibility index (Phi) is 7.26. The lowest BCUT2D eigenvalue weighted by molar-refractivity contribution is 0.0528. The summed E-state index contributed by atoms with van der Waals surface area (Å²) in [5.74, 6) is 0.250. The third-order valence-electron chi connectivity index (χ3n) is 6.44. The smallest absolute Gasteiger partial charge is 0.273 e. The molecule has 4 rings (SSSR count). The zero-order valence-corrected chi connectivity index (χ0v) is 19.3. The average Bonchev–Trinajstić information content (AvgIpc) is 3.24. The van der Waals surface area contributed by atoms with E-state index >= 15 is 0 Å². The van der Waals surface area contributed by atoms with Crippen LogP contribution in [0.1, 0.15) is 57.8 Å². The summed E-state index contributed by atoms with van der Waals surface area (Å²) < 4.78 is 9.33. The molecule has 2 fully saturated rings. The number of nitrogens with zero attached hydrogens (tertiary/aromatic N) is 3. The largest absolute Gasteiger partial charge is 0.497 e. The predicted molar refractivity (Wildman–Crippen MR) is 125 cm³/mol. The minimum absolute atomic E-state index is 0.118. The number of piperazine rings is 1. The Morgan fingerprint density at radius 2 is 1.81 bits per heavy atom. The number of anilines is 1. The van der Waals surface area contributed by atoms with Gasteiger partial charge in [-0.3, -0.25) is 14.5 Å². The van der Waals surface area contributed by atoms with Crippen molar-refractivity contribution >= 4 is 29.0 Å². The van der Waals surface area contributed by atoms with Crippen LogP contribution in [0.4, 0.5) is 5.69 Å². The highest BCUT2D eigenvalue weighted by Crippen LogP contribution is 2.26. The Labute approximate surface area is 192 Å². The number of nitrogens with one attached hydrogen (secondary N) is 1. The van der Waals surface area contributed by atoms with Crippen LogP contribution in [0.5, 0.6) is 5.75 Å². The van der Waals surface area contributed by atoms with Crippen LogP contribution in [0.2, 0.25) is 0 Å². The number of aromatic nitrogens is 1. The number of hydrogen-bond donors (Lipinski definition) is 2. The molecule has 1 aromatic heterocycles. The van der Waals surface area contributed by atoms with Crippen LogP contribution in [0.25, 0.3) is 0 Å². The zero-order chi connectivity index (χ0) is 22.5. The van der Waals surface area contributed by atoms with E-state index in [1.807, 2.05) is 29.2 Å². The molecular weight excluding hydrogens is 426 g/mol. The summed E-state index contributed by atoms with van der Waals surface area (Å²) in [6.07, 6.45) is 6.50. The number of rotatable bonds is 6. The molecule has 0 bridgehead atoms. The molecule has 2 amide bonds. The monoisotopic (exact) mass is 457 g/mol. The van der Waals surface area contributed by atoms with E-state index in [4.69, 9.17) is 10.5 Å². The lowest BCUT2D eigenvalue weighted by atomic mass is 9.94. The van der Waals surface area contributed by atoms with Gasteiger partial charge in [0, 0.05) is 38.8 Å². The molecule has 0 spiro atoms. The highest BCUT2D eigenvalue weighted by Gasteiger charge is 2.30. The molecule has 9 heteroatoms. The van der Waals surface area contributed by atoms with Gasteiger partial charge in [-0.1, -0.05) is 31.4 Å². The molecule has 0 radical (unpaired) electrons. The number of nitrogens with two attached hydrogens (primary N) is 1. The maximum absolute atomic E-state index is 13.0. The molecule has 1 saturated heterocycles. The van der Waals surface area contributed by atoms with Gasteiger partial charge >= 0.3 is 0 Å². The highest BCUT2D eigenvalue weighted by atomic mass is 32.1. The van der Waals surface area contributed by atoms with Gasteiger partial charge in [0.1, 0.15) is 10.6 Å². The van der Waals surface area contributed by atoms with Crippen LogP contribution in [0.15, 0.2) is 24.3 Å². The van der Waals surface area contributed by atoms with Crippen molar-refractivity contribution in [2.45, 2.75) is 44.7 Å². The lowest BCUT2D eigenvalue weighted by Crippen LogP contribution is -2.52. The zero-order valence-electron chi connectivity index (χ0n) is 18.5. The predicted octanol–water partition coefficient (Wildman–Crippen LogP) is 2.75. The van der Waals surface area contributed by atoms with Gasteiger partial charge < -0.3 is 20.7 Å². The maximum atomic E-state index is 13.0. The second-order valence-corrected chi connectivity index (χ2v) is 9.20. The molecule has 32 heavy (non-hydrogen) atoms. The van der Waals surface area contributed by atoms with Crippen LogP contribution in [-0.4, -0.2) is 65.3 Å². The van der Waals surface area contributed by atoms with E-state index in [0.29, 0.717) is 30.6 Å². The normalized spacial score (nSPS) is 17.8. The first-order chi connectivity index (χ1) is 15.6. The molecular formula is C23H31N5O3S. The van der Waals surface area contributed by atoms with Crippen LogP contribution >= 0.6 is 11.5 Å². The van der Waals surface area contributed by atoms with Crippen molar-refractivity contribution < 1.29 is 14.3 Å². The summed E-state index contributed by atoms with van der Waals surface area (Å²) in [7, 11) is 1.61. The van der Waals surface area contributed by atoms with Crippen molar-refractivity contribution in [3.05, 3.63) is 40.4 Å². The van der Waals surface area contributed by atoms with Crippen molar-refractivity contribution in [3.63, 3.8) is 0 Å². The van der Waals surface area contributed by atoms with Gasteiger partial charge in [0.15, 0.2) is 5.69 Å². The van der Waals surface area contributed by atoms with Crippen LogP contribution < -0.4 is 15.8 Å². The number of carbonyl (C=O) groups is 2.